The van der Waals surface area contributed by atoms with Crippen molar-refractivity contribution in [2.24, 2.45) is 0 Å². The van der Waals surface area contributed by atoms with Gasteiger partial charge in [-0.1, -0.05) is 12.1 Å². The van der Waals surface area contributed by atoms with Crippen LogP contribution in [0.3, 0.4) is 0 Å². The van der Waals surface area contributed by atoms with Crippen LogP contribution in [0.5, 0.6) is 5.75 Å². The summed E-state index contributed by atoms with van der Waals surface area (Å²) in [5, 5.41) is 6.14. The third-order valence-electron chi connectivity index (χ3n) is 3.33. The summed E-state index contributed by atoms with van der Waals surface area (Å²) in [5.41, 5.74) is 2.06. The molecule has 1 aromatic carbocycles. The molecule has 122 valence electrons. The molecular formula is C18H22N2O2S. The van der Waals surface area contributed by atoms with Crippen molar-refractivity contribution < 1.29 is 9.53 Å². The molecule has 1 heterocycles. The lowest BCUT2D eigenvalue weighted by atomic mass is 10.2. The molecule has 1 amide bonds. The van der Waals surface area contributed by atoms with E-state index in [4.69, 9.17) is 4.74 Å². The Balaban J connectivity index is 1.63. The van der Waals surface area contributed by atoms with E-state index in [2.05, 4.69) is 15.7 Å². The Kier molecular flexibility index (Phi) is 6.81. The van der Waals surface area contributed by atoms with Gasteiger partial charge in [0.25, 0.3) is 0 Å². The van der Waals surface area contributed by atoms with Gasteiger partial charge in [0.1, 0.15) is 5.75 Å². The van der Waals surface area contributed by atoms with E-state index in [1.165, 1.54) is 5.01 Å². The Labute approximate surface area is 141 Å². The van der Waals surface area contributed by atoms with Crippen LogP contribution in [0.4, 0.5) is 0 Å². The monoisotopic (exact) mass is 330 g/mol. The maximum absolute atomic E-state index is 11.7. The van der Waals surface area contributed by atoms with Crippen molar-refractivity contribution in [3.63, 3.8) is 0 Å². The molecule has 0 aliphatic carbocycles. The predicted octanol–water partition coefficient (Wildman–Crippen LogP) is 3.61. The second-order valence-electron chi connectivity index (χ2n) is 5.24. The molecule has 0 radical (unpaired) electrons. The van der Waals surface area contributed by atoms with E-state index in [1.807, 2.05) is 31.2 Å². The van der Waals surface area contributed by atoms with Crippen LogP contribution < -0.4 is 10.1 Å². The molecule has 1 aromatic heterocycles. The average molecular weight is 330 g/mol. The van der Waals surface area contributed by atoms with E-state index in [9.17, 15) is 4.79 Å². The first-order chi connectivity index (χ1) is 11.2. The highest BCUT2D eigenvalue weighted by molar-refractivity contribution is 7.09. The lowest BCUT2D eigenvalue weighted by Crippen LogP contribution is -2.22. The first kappa shape index (κ1) is 17.2. The topological polar surface area (TPSA) is 51.2 Å². The number of carbonyl (C=O) groups excluding carboxylic acids is 1. The van der Waals surface area contributed by atoms with Gasteiger partial charge in [-0.25, -0.2) is 4.98 Å². The molecule has 1 N–H and O–H groups in total. The summed E-state index contributed by atoms with van der Waals surface area (Å²) in [6.45, 7) is 2.70. The number of aryl methyl sites for hydroxylation is 2. The van der Waals surface area contributed by atoms with Crippen molar-refractivity contribution in [2.45, 2.75) is 26.2 Å². The molecule has 0 aliphatic heterocycles. The van der Waals surface area contributed by atoms with Crippen LogP contribution in [-0.2, 0) is 11.2 Å². The number of ether oxygens (including phenoxy) is 1. The van der Waals surface area contributed by atoms with Crippen molar-refractivity contribution in [3.8, 4) is 5.75 Å². The second-order valence-corrected chi connectivity index (χ2v) is 6.18. The quantitative estimate of drug-likeness (QED) is 0.594. The smallest absolute Gasteiger partial charge is 0.243 e. The third kappa shape index (κ3) is 6.24. The number of thiazole rings is 1. The number of hydrogen-bond acceptors (Lipinski definition) is 4. The van der Waals surface area contributed by atoms with Crippen LogP contribution in [0.2, 0.25) is 0 Å². The number of hydrogen-bond donors (Lipinski definition) is 1. The van der Waals surface area contributed by atoms with Gasteiger partial charge in [0.05, 0.1) is 12.1 Å². The Hall–Kier alpha value is -2.14. The van der Waals surface area contributed by atoms with E-state index in [-0.39, 0.29) is 5.91 Å². The fraction of sp³-hybridized carbons (Fsp3) is 0.333. The van der Waals surface area contributed by atoms with Crippen molar-refractivity contribution in [1.29, 1.82) is 0 Å². The molecule has 0 bridgehead atoms. The summed E-state index contributed by atoms with van der Waals surface area (Å²) in [7, 11) is 1.63. The van der Waals surface area contributed by atoms with Gasteiger partial charge in [0.15, 0.2) is 0 Å². The molecule has 0 aliphatic rings. The molecule has 0 unspecified atom stereocenters. The lowest BCUT2D eigenvalue weighted by molar-refractivity contribution is -0.116. The summed E-state index contributed by atoms with van der Waals surface area (Å²) in [6, 6.07) is 7.58. The van der Waals surface area contributed by atoms with E-state index in [0.717, 1.165) is 36.3 Å². The normalized spacial score (nSPS) is 10.9. The van der Waals surface area contributed by atoms with Crippen molar-refractivity contribution in [3.05, 3.63) is 52.0 Å². The molecule has 0 saturated carbocycles. The molecule has 5 heteroatoms. The molecule has 0 atom stereocenters. The summed E-state index contributed by atoms with van der Waals surface area (Å²) in [5.74, 6) is 0.743. The highest BCUT2D eigenvalue weighted by atomic mass is 32.1. The molecule has 23 heavy (non-hydrogen) atoms. The lowest BCUT2D eigenvalue weighted by Gasteiger charge is -2.02. The molecule has 0 fully saturated rings. The summed E-state index contributed by atoms with van der Waals surface area (Å²) in [6.07, 6.45) is 6.34. The fourth-order valence-corrected chi connectivity index (χ4v) is 2.89. The number of nitrogens with one attached hydrogen (secondary N) is 1. The number of unbranched alkanes of at least 4 members (excludes halogenated alkanes) is 1. The van der Waals surface area contributed by atoms with Gasteiger partial charge in [-0.05, 0) is 50.0 Å². The zero-order valence-corrected chi connectivity index (χ0v) is 14.4. The van der Waals surface area contributed by atoms with Crippen LogP contribution in [-0.4, -0.2) is 24.5 Å². The minimum absolute atomic E-state index is 0.0640. The molecule has 0 saturated heterocycles. The molecule has 2 aromatic rings. The molecule has 0 spiro atoms. The average Bonchev–Trinajstić information content (AvgIpc) is 2.98. The van der Waals surface area contributed by atoms with Gasteiger partial charge in [-0.15, -0.1) is 11.3 Å². The van der Waals surface area contributed by atoms with Gasteiger partial charge in [0, 0.05) is 23.7 Å². The SMILES string of the molecule is COc1ccc(/C=C/C(=O)NCCCCc2nc(C)cs2)cc1. The summed E-state index contributed by atoms with van der Waals surface area (Å²) in [4.78, 5) is 16.2. The maximum atomic E-state index is 11.7. The Morgan fingerprint density at radius 2 is 2.09 bits per heavy atom. The maximum Gasteiger partial charge on any atom is 0.243 e. The number of benzene rings is 1. The Bertz CT molecular complexity index is 647. The van der Waals surface area contributed by atoms with Crippen molar-refractivity contribution >= 4 is 23.3 Å². The van der Waals surface area contributed by atoms with Crippen LogP contribution in [0, 0.1) is 6.92 Å². The number of carbonyl (C=O) groups is 1. The number of aromatic nitrogens is 1. The fourth-order valence-electron chi connectivity index (χ4n) is 2.08. The third-order valence-corrected chi connectivity index (χ3v) is 4.35. The Morgan fingerprint density at radius 1 is 1.30 bits per heavy atom. The number of nitrogens with zero attached hydrogens (tertiary/aromatic N) is 1. The first-order valence-corrected chi connectivity index (χ1v) is 8.56. The number of rotatable bonds is 8. The van der Waals surface area contributed by atoms with Gasteiger partial charge < -0.3 is 10.1 Å². The van der Waals surface area contributed by atoms with Crippen molar-refractivity contribution in [2.75, 3.05) is 13.7 Å². The van der Waals surface area contributed by atoms with Crippen molar-refractivity contribution in [1.82, 2.24) is 10.3 Å². The van der Waals surface area contributed by atoms with E-state index in [1.54, 1.807) is 30.6 Å². The number of methoxy groups -OCH3 is 1. The minimum Gasteiger partial charge on any atom is -0.497 e. The zero-order chi connectivity index (χ0) is 16.5. The second kappa shape index (κ2) is 9.10. The van der Waals surface area contributed by atoms with Crippen LogP contribution in [0.25, 0.3) is 6.08 Å². The molecular weight excluding hydrogens is 308 g/mol. The molecule has 4 nitrogen and oxygen atoms in total. The zero-order valence-electron chi connectivity index (χ0n) is 13.5. The minimum atomic E-state index is -0.0640. The highest BCUT2D eigenvalue weighted by Crippen LogP contribution is 2.12. The molecule has 2 rings (SSSR count). The largest absolute Gasteiger partial charge is 0.497 e. The van der Waals surface area contributed by atoms with E-state index >= 15 is 0 Å². The predicted molar refractivity (Wildman–Crippen MR) is 94.8 cm³/mol. The Morgan fingerprint density at radius 3 is 2.74 bits per heavy atom. The van der Waals surface area contributed by atoms with Crippen LogP contribution >= 0.6 is 11.3 Å². The van der Waals surface area contributed by atoms with Gasteiger partial charge in [0.2, 0.25) is 5.91 Å². The first-order valence-electron chi connectivity index (χ1n) is 7.68. The number of amides is 1. The summed E-state index contributed by atoms with van der Waals surface area (Å²) < 4.78 is 5.10. The highest BCUT2D eigenvalue weighted by Gasteiger charge is 1.99. The van der Waals surface area contributed by atoms with Gasteiger partial charge in [-0.3, -0.25) is 4.79 Å². The van der Waals surface area contributed by atoms with Crippen LogP contribution in [0.15, 0.2) is 35.7 Å². The van der Waals surface area contributed by atoms with Gasteiger partial charge in [-0.2, -0.15) is 0 Å². The summed E-state index contributed by atoms with van der Waals surface area (Å²) >= 11 is 1.70. The van der Waals surface area contributed by atoms with E-state index in [0.29, 0.717) is 6.54 Å². The van der Waals surface area contributed by atoms with E-state index < -0.39 is 0 Å². The van der Waals surface area contributed by atoms with Crippen LogP contribution in [0.1, 0.15) is 29.1 Å². The van der Waals surface area contributed by atoms with Gasteiger partial charge >= 0.3 is 0 Å². The standard InChI is InChI=1S/C18H22N2O2S/c1-14-13-23-18(20-14)5-3-4-12-19-17(21)11-8-15-6-9-16(22-2)10-7-15/h6-11,13H,3-5,12H2,1-2H3,(H,19,21)/b11-8+.